The molecule has 1 aromatic carbocycles. The number of alkyl halides is 3. The van der Waals surface area contributed by atoms with Crippen molar-refractivity contribution in [3.05, 3.63) is 18.2 Å². The summed E-state index contributed by atoms with van der Waals surface area (Å²) in [5.74, 6) is -0.552. The molecule has 0 aliphatic rings. The summed E-state index contributed by atoms with van der Waals surface area (Å²) >= 11 is 0.944. The van der Waals surface area contributed by atoms with Crippen LogP contribution >= 0.6 is 11.3 Å². The third-order valence-corrected chi connectivity index (χ3v) is 4.13. The van der Waals surface area contributed by atoms with Crippen LogP contribution in [0.4, 0.5) is 27.9 Å². The Morgan fingerprint density at radius 3 is 2.63 bits per heavy atom. The second-order valence-corrected chi connectivity index (χ2v) is 6.67. The molecule has 3 N–H and O–H groups in total. The normalized spacial score (nSPS) is 12.7. The summed E-state index contributed by atoms with van der Waals surface area (Å²) < 4.78 is 50.8. The quantitative estimate of drug-likeness (QED) is 0.752. The predicted molar refractivity (Wildman–Crippen MR) is 90.6 cm³/mol. The summed E-state index contributed by atoms with van der Waals surface area (Å²) in [5, 5.41) is 2.51. The van der Waals surface area contributed by atoms with Gasteiger partial charge in [0.05, 0.1) is 10.2 Å². The molecule has 0 spiro atoms. The van der Waals surface area contributed by atoms with Crippen LogP contribution in [0, 0.1) is 5.92 Å². The maximum atomic E-state index is 12.3. The molecule has 1 heterocycles. The van der Waals surface area contributed by atoms with E-state index in [1.807, 2.05) is 0 Å². The number of benzene rings is 1. The van der Waals surface area contributed by atoms with E-state index >= 15 is 0 Å². The molecule has 0 saturated heterocycles. The Kier molecular flexibility index (Phi) is 6.31. The van der Waals surface area contributed by atoms with Gasteiger partial charge in [-0.25, -0.2) is 14.6 Å². The molecule has 0 bridgehead atoms. The Hall–Kier alpha value is -2.76. The van der Waals surface area contributed by atoms with E-state index in [0.29, 0.717) is 10.2 Å². The van der Waals surface area contributed by atoms with Crippen LogP contribution < -0.4 is 15.8 Å². The summed E-state index contributed by atoms with van der Waals surface area (Å²) in [5.41, 5.74) is 5.26. The van der Waals surface area contributed by atoms with Crippen molar-refractivity contribution in [1.29, 1.82) is 0 Å². The van der Waals surface area contributed by atoms with Crippen LogP contribution in [0.15, 0.2) is 18.2 Å². The predicted octanol–water partition coefficient (Wildman–Crippen LogP) is 3.86. The zero-order valence-electron chi connectivity index (χ0n) is 14.2. The molecule has 0 aliphatic carbocycles. The van der Waals surface area contributed by atoms with Crippen LogP contribution in [0.1, 0.15) is 13.8 Å². The van der Waals surface area contributed by atoms with E-state index in [2.05, 4.69) is 19.8 Å². The average molecular weight is 407 g/mol. The Morgan fingerprint density at radius 1 is 1.33 bits per heavy atom. The maximum absolute atomic E-state index is 12.3. The average Bonchev–Trinajstić information content (AvgIpc) is 2.90. The van der Waals surface area contributed by atoms with Gasteiger partial charge in [0, 0.05) is 6.07 Å². The maximum Gasteiger partial charge on any atom is 0.573 e. The van der Waals surface area contributed by atoms with E-state index in [9.17, 15) is 22.8 Å². The molecule has 0 aliphatic heterocycles. The molecular weight excluding hydrogens is 391 g/mol. The number of aromatic nitrogens is 1. The number of hydrogen-bond acceptors (Lipinski definition) is 7. The van der Waals surface area contributed by atoms with Crippen molar-refractivity contribution in [2.45, 2.75) is 26.3 Å². The summed E-state index contributed by atoms with van der Waals surface area (Å²) in [4.78, 5) is 26.7. The first-order valence-electron chi connectivity index (χ1n) is 7.59. The van der Waals surface area contributed by atoms with Gasteiger partial charge in [-0.1, -0.05) is 25.2 Å². The fraction of sp³-hybridized carbons (Fsp3) is 0.400. The number of amides is 2. The van der Waals surface area contributed by atoms with Crippen LogP contribution in [-0.2, 0) is 9.47 Å². The van der Waals surface area contributed by atoms with E-state index < -0.39 is 30.4 Å². The first-order valence-corrected chi connectivity index (χ1v) is 8.41. The summed E-state index contributed by atoms with van der Waals surface area (Å²) in [6, 6.07) is 3.61. The van der Waals surface area contributed by atoms with Gasteiger partial charge in [0.25, 0.3) is 0 Å². The van der Waals surface area contributed by atoms with Crippen molar-refractivity contribution in [3.8, 4) is 5.75 Å². The van der Waals surface area contributed by atoms with E-state index in [0.717, 1.165) is 23.5 Å². The Balaban J connectivity index is 2.04. The monoisotopic (exact) mass is 407 g/mol. The summed E-state index contributed by atoms with van der Waals surface area (Å²) in [6.45, 7) is 3.29. The topological polar surface area (TPSA) is 113 Å². The van der Waals surface area contributed by atoms with Gasteiger partial charge < -0.3 is 19.9 Å². The molecule has 1 aromatic heterocycles. The third kappa shape index (κ3) is 6.47. The number of ether oxygens (including phenoxy) is 3. The molecule has 0 saturated carbocycles. The number of carbonyl (C=O) groups is 2. The number of rotatable bonds is 6. The van der Waals surface area contributed by atoms with E-state index in [1.54, 1.807) is 13.8 Å². The molecular formula is C15H16F3N3O5S. The number of halogens is 3. The minimum absolute atomic E-state index is 0.123. The lowest BCUT2D eigenvalue weighted by molar-refractivity contribution is -0.274. The Bertz CT molecular complexity index is 825. The number of nitrogens with two attached hydrogens (primary N) is 1. The van der Waals surface area contributed by atoms with Crippen molar-refractivity contribution in [2.75, 3.05) is 11.9 Å². The molecule has 2 rings (SSSR count). The van der Waals surface area contributed by atoms with Crippen molar-refractivity contribution < 1.29 is 37.0 Å². The number of hydrogen-bond donors (Lipinski definition) is 2. The lowest BCUT2D eigenvalue weighted by Crippen LogP contribution is -2.32. The van der Waals surface area contributed by atoms with Crippen molar-refractivity contribution in [3.63, 3.8) is 0 Å². The third-order valence-electron chi connectivity index (χ3n) is 3.19. The number of anilines is 1. The van der Waals surface area contributed by atoms with E-state index in [4.69, 9.17) is 10.5 Å². The van der Waals surface area contributed by atoms with Gasteiger partial charge in [-0.2, -0.15) is 0 Å². The number of carbonyl (C=O) groups excluding carboxylic acids is 2. The molecule has 27 heavy (non-hydrogen) atoms. The second kappa shape index (κ2) is 8.29. The number of fused-ring (bicyclic) bond motifs is 1. The first kappa shape index (κ1) is 20.6. The molecule has 1 atom stereocenters. The number of primary amides is 1. The molecule has 148 valence electrons. The molecule has 1 unspecified atom stereocenters. The van der Waals surface area contributed by atoms with Gasteiger partial charge in [0.2, 0.25) is 0 Å². The highest BCUT2D eigenvalue weighted by Gasteiger charge is 2.31. The van der Waals surface area contributed by atoms with Crippen molar-refractivity contribution in [1.82, 2.24) is 4.98 Å². The van der Waals surface area contributed by atoms with Gasteiger partial charge in [-0.05, 0) is 18.1 Å². The highest BCUT2D eigenvalue weighted by atomic mass is 32.1. The van der Waals surface area contributed by atoms with Gasteiger partial charge in [0.15, 0.2) is 5.13 Å². The summed E-state index contributed by atoms with van der Waals surface area (Å²) in [6.07, 6.45) is -7.39. The zero-order valence-corrected chi connectivity index (χ0v) is 15.0. The fourth-order valence-electron chi connectivity index (χ4n) is 1.94. The highest BCUT2D eigenvalue weighted by Crippen LogP contribution is 2.31. The molecule has 0 radical (unpaired) electrons. The minimum Gasteiger partial charge on any atom is -0.446 e. The Morgan fingerprint density at radius 2 is 2.04 bits per heavy atom. The number of nitrogens with one attached hydrogen (secondary N) is 1. The highest BCUT2D eigenvalue weighted by molar-refractivity contribution is 7.22. The van der Waals surface area contributed by atoms with Crippen LogP contribution in [0.2, 0.25) is 0 Å². The smallest absolute Gasteiger partial charge is 0.446 e. The SMILES string of the molecule is CC(C)C(COC(N)=O)OC(=O)Nc1nc2ccc(OC(F)(F)F)cc2s1. The number of thiazole rings is 1. The fourth-order valence-corrected chi connectivity index (χ4v) is 2.82. The molecule has 2 aromatic rings. The first-order chi connectivity index (χ1) is 12.5. The molecule has 12 heteroatoms. The van der Waals surface area contributed by atoms with Crippen molar-refractivity contribution in [2.24, 2.45) is 11.7 Å². The van der Waals surface area contributed by atoms with Crippen molar-refractivity contribution >= 4 is 38.9 Å². The summed E-state index contributed by atoms with van der Waals surface area (Å²) in [7, 11) is 0. The Labute approximate surface area is 155 Å². The zero-order chi connectivity index (χ0) is 20.2. The van der Waals surface area contributed by atoms with Gasteiger partial charge in [0.1, 0.15) is 18.5 Å². The molecule has 2 amide bonds. The largest absolute Gasteiger partial charge is 0.573 e. The lowest BCUT2D eigenvalue weighted by atomic mass is 10.1. The minimum atomic E-state index is -4.80. The lowest BCUT2D eigenvalue weighted by Gasteiger charge is -2.20. The van der Waals surface area contributed by atoms with Gasteiger partial charge in [-0.15, -0.1) is 13.2 Å². The van der Waals surface area contributed by atoms with Crippen LogP contribution in [0.5, 0.6) is 5.75 Å². The van der Waals surface area contributed by atoms with E-state index in [1.165, 1.54) is 6.07 Å². The molecule has 8 nitrogen and oxygen atoms in total. The second-order valence-electron chi connectivity index (χ2n) is 5.64. The molecule has 0 fully saturated rings. The van der Waals surface area contributed by atoms with Crippen LogP contribution in [-0.4, -0.2) is 36.2 Å². The van der Waals surface area contributed by atoms with Gasteiger partial charge in [-0.3, -0.25) is 5.32 Å². The standard InChI is InChI=1S/C15H16F3N3O5S/c1-7(2)10(6-24-12(19)22)25-14(23)21-13-20-9-4-3-8(5-11(9)27-13)26-15(16,17)18/h3-5,7,10H,6H2,1-2H3,(H2,19,22)(H,20,21,23). The van der Waals surface area contributed by atoms with E-state index in [-0.39, 0.29) is 17.7 Å². The van der Waals surface area contributed by atoms with Gasteiger partial charge >= 0.3 is 18.5 Å². The van der Waals surface area contributed by atoms with Crippen LogP contribution in [0.25, 0.3) is 10.2 Å². The van der Waals surface area contributed by atoms with Crippen LogP contribution in [0.3, 0.4) is 0 Å². The number of nitrogens with zero attached hydrogens (tertiary/aromatic N) is 1.